The van der Waals surface area contributed by atoms with E-state index in [-0.39, 0.29) is 0 Å². The van der Waals surface area contributed by atoms with Gasteiger partial charge in [0.2, 0.25) is 0 Å². The molecule has 8 unspecified atom stereocenters. The first-order valence-electron chi connectivity index (χ1n) is 12.2. The molecule has 0 spiro atoms. The Bertz CT molecular complexity index is 499. The Morgan fingerprint density at radius 3 is 2.63 bits per heavy atom. The van der Waals surface area contributed by atoms with Crippen LogP contribution in [0.2, 0.25) is 0 Å². The number of hydrogen-bond acceptors (Lipinski definition) is 2. The third-order valence-electron chi connectivity index (χ3n) is 9.90. The van der Waals surface area contributed by atoms with Crippen LogP contribution in [0.15, 0.2) is 0 Å². The van der Waals surface area contributed by atoms with E-state index in [0.717, 1.165) is 42.7 Å². The van der Waals surface area contributed by atoms with Crippen LogP contribution >= 0.6 is 8.96 Å². The van der Waals surface area contributed by atoms with E-state index < -0.39 is 0 Å². The molecule has 0 bridgehead atoms. The van der Waals surface area contributed by atoms with Crippen molar-refractivity contribution < 1.29 is 4.52 Å². The summed E-state index contributed by atoms with van der Waals surface area (Å²) >= 11 is 0. The topological polar surface area (TPSA) is 21.3 Å². The van der Waals surface area contributed by atoms with Gasteiger partial charge in [0, 0.05) is 0 Å². The monoisotopic (exact) mass is 393 g/mol. The van der Waals surface area contributed by atoms with Gasteiger partial charge in [0.15, 0.2) is 0 Å². The molecule has 2 nitrogen and oxygen atoms in total. The summed E-state index contributed by atoms with van der Waals surface area (Å²) in [5.74, 6) is 5.17. The SMILES string of the molecule is CCNPOCCCC1CCC2C3CCC4CCCCC4(C)C3CCC12C. The molecule has 4 fully saturated rings. The van der Waals surface area contributed by atoms with Gasteiger partial charge < -0.3 is 4.52 Å². The lowest BCUT2D eigenvalue weighted by Crippen LogP contribution is -2.52. The summed E-state index contributed by atoms with van der Waals surface area (Å²) in [6.45, 7) is 9.53. The molecule has 4 aliphatic carbocycles. The molecule has 8 atom stereocenters. The van der Waals surface area contributed by atoms with E-state index >= 15 is 0 Å². The minimum absolute atomic E-state index is 0.491. The average molecular weight is 394 g/mol. The summed E-state index contributed by atoms with van der Waals surface area (Å²) in [5.41, 5.74) is 1.34. The van der Waals surface area contributed by atoms with Gasteiger partial charge in [-0.1, -0.05) is 33.6 Å². The van der Waals surface area contributed by atoms with E-state index in [1.165, 1.54) is 57.8 Å². The fraction of sp³-hybridized carbons (Fsp3) is 1.00. The van der Waals surface area contributed by atoms with Crippen molar-refractivity contribution in [2.45, 2.75) is 97.8 Å². The van der Waals surface area contributed by atoms with E-state index in [1.54, 1.807) is 19.3 Å². The largest absolute Gasteiger partial charge is 0.346 e. The molecule has 156 valence electrons. The molecule has 3 heteroatoms. The van der Waals surface area contributed by atoms with E-state index in [1.807, 2.05) is 0 Å². The second kappa shape index (κ2) is 8.61. The molecule has 1 N–H and O–H groups in total. The highest BCUT2D eigenvalue weighted by atomic mass is 31.1. The van der Waals surface area contributed by atoms with Crippen molar-refractivity contribution in [2.24, 2.45) is 40.4 Å². The lowest BCUT2D eigenvalue weighted by molar-refractivity contribution is -0.111. The van der Waals surface area contributed by atoms with Crippen molar-refractivity contribution in [3.8, 4) is 0 Å². The molecular formula is C24H44NOP. The Morgan fingerprint density at radius 1 is 0.926 bits per heavy atom. The number of hydrogen-bond donors (Lipinski definition) is 1. The Kier molecular flexibility index (Phi) is 6.57. The predicted molar refractivity (Wildman–Crippen MR) is 117 cm³/mol. The summed E-state index contributed by atoms with van der Waals surface area (Å²) in [7, 11) is 0.491. The van der Waals surface area contributed by atoms with Crippen molar-refractivity contribution in [3.05, 3.63) is 0 Å². The molecule has 0 radical (unpaired) electrons. The van der Waals surface area contributed by atoms with Crippen molar-refractivity contribution in [1.29, 1.82) is 0 Å². The second-order valence-electron chi connectivity index (χ2n) is 10.8. The van der Waals surface area contributed by atoms with E-state index in [9.17, 15) is 0 Å². The van der Waals surface area contributed by atoms with Gasteiger partial charge in [-0.15, -0.1) is 0 Å². The molecular weight excluding hydrogens is 349 g/mol. The van der Waals surface area contributed by atoms with Gasteiger partial charge in [0.1, 0.15) is 0 Å². The van der Waals surface area contributed by atoms with Gasteiger partial charge in [0.25, 0.3) is 0 Å². The summed E-state index contributed by atoms with van der Waals surface area (Å²) in [5, 5.41) is 3.29. The smallest absolute Gasteiger partial charge is 0.0861 e. The molecule has 0 aromatic heterocycles. The van der Waals surface area contributed by atoms with E-state index in [4.69, 9.17) is 4.52 Å². The first-order valence-corrected chi connectivity index (χ1v) is 13.1. The number of fused-ring (bicyclic) bond motifs is 5. The van der Waals surface area contributed by atoms with Crippen LogP contribution in [0.5, 0.6) is 0 Å². The maximum atomic E-state index is 5.78. The number of nitrogens with one attached hydrogen (secondary N) is 1. The molecule has 4 saturated carbocycles. The highest BCUT2D eigenvalue weighted by Gasteiger charge is 2.59. The van der Waals surface area contributed by atoms with Gasteiger partial charge >= 0.3 is 0 Å². The molecule has 0 heterocycles. The lowest BCUT2D eigenvalue weighted by atomic mass is 9.45. The van der Waals surface area contributed by atoms with Crippen molar-refractivity contribution in [2.75, 3.05) is 13.2 Å². The summed E-state index contributed by atoms with van der Waals surface area (Å²) in [4.78, 5) is 0. The highest BCUT2D eigenvalue weighted by molar-refractivity contribution is 7.29. The predicted octanol–water partition coefficient (Wildman–Crippen LogP) is 6.95. The Hall–Kier alpha value is 0.350. The van der Waals surface area contributed by atoms with Gasteiger partial charge in [-0.3, -0.25) is 5.09 Å². The minimum atomic E-state index is 0.491. The highest BCUT2D eigenvalue weighted by Crippen LogP contribution is 2.67. The molecule has 0 aromatic rings. The lowest BCUT2D eigenvalue weighted by Gasteiger charge is -2.60. The molecule has 4 aliphatic rings. The number of rotatable bonds is 7. The maximum Gasteiger partial charge on any atom is 0.0861 e. The van der Waals surface area contributed by atoms with Gasteiger partial charge in [0.05, 0.1) is 15.6 Å². The standard InChI is InChI=1S/C24H44NOP/c1-4-25-27-26-17-7-9-19-11-13-21-20-12-10-18-8-5-6-15-23(18,2)22(20)14-16-24(19,21)3/h18-22,25,27H,4-17H2,1-3H3. The molecule has 0 aromatic carbocycles. The summed E-state index contributed by atoms with van der Waals surface area (Å²) in [6, 6.07) is 0. The fourth-order valence-corrected chi connectivity index (χ4v) is 8.95. The first-order chi connectivity index (χ1) is 13.1. The van der Waals surface area contributed by atoms with Gasteiger partial charge in [-0.2, -0.15) is 0 Å². The van der Waals surface area contributed by atoms with Crippen LogP contribution < -0.4 is 5.09 Å². The maximum absolute atomic E-state index is 5.78. The zero-order valence-electron chi connectivity index (χ0n) is 18.2. The second-order valence-corrected chi connectivity index (χ2v) is 11.7. The Labute approximate surface area is 170 Å². The molecule has 4 rings (SSSR count). The quantitative estimate of drug-likeness (QED) is 0.373. The van der Waals surface area contributed by atoms with Gasteiger partial charge in [-0.05, 0) is 111 Å². The molecule has 27 heavy (non-hydrogen) atoms. The summed E-state index contributed by atoms with van der Waals surface area (Å²) < 4.78 is 5.78. The van der Waals surface area contributed by atoms with Crippen LogP contribution in [-0.4, -0.2) is 13.2 Å². The molecule has 0 amide bonds. The van der Waals surface area contributed by atoms with E-state index in [2.05, 4.69) is 25.9 Å². The first kappa shape index (κ1) is 20.6. The zero-order valence-corrected chi connectivity index (χ0v) is 19.2. The zero-order chi connectivity index (χ0) is 18.9. The molecule has 0 aliphatic heterocycles. The summed E-state index contributed by atoms with van der Waals surface area (Å²) in [6.07, 6.45) is 18.0. The van der Waals surface area contributed by atoms with E-state index in [0.29, 0.717) is 19.8 Å². The van der Waals surface area contributed by atoms with Crippen LogP contribution in [0.3, 0.4) is 0 Å². The van der Waals surface area contributed by atoms with Crippen molar-refractivity contribution in [1.82, 2.24) is 5.09 Å². The fourth-order valence-electron chi connectivity index (χ4n) is 8.45. The van der Waals surface area contributed by atoms with Crippen LogP contribution in [0.1, 0.15) is 97.8 Å². The van der Waals surface area contributed by atoms with Crippen LogP contribution in [0, 0.1) is 40.4 Å². The molecule has 0 saturated heterocycles. The van der Waals surface area contributed by atoms with Crippen molar-refractivity contribution >= 4 is 8.96 Å². The minimum Gasteiger partial charge on any atom is -0.346 e. The van der Waals surface area contributed by atoms with Crippen LogP contribution in [0.25, 0.3) is 0 Å². The van der Waals surface area contributed by atoms with Crippen LogP contribution in [0.4, 0.5) is 0 Å². The average Bonchev–Trinajstić information content (AvgIpc) is 3.00. The normalized spacial score (nSPS) is 47.0. The Balaban J connectivity index is 1.36. The van der Waals surface area contributed by atoms with Crippen LogP contribution in [-0.2, 0) is 4.52 Å². The van der Waals surface area contributed by atoms with Crippen molar-refractivity contribution in [3.63, 3.8) is 0 Å². The Morgan fingerprint density at radius 2 is 1.78 bits per heavy atom. The van der Waals surface area contributed by atoms with Gasteiger partial charge in [-0.25, -0.2) is 0 Å². The third-order valence-corrected chi connectivity index (χ3v) is 10.7. The third kappa shape index (κ3) is 3.77.